The second kappa shape index (κ2) is 20.0. The number of phenolic OH excluding ortho intramolecular Hbond substituents is 2. The van der Waals surface area contributed by atoms with Crippen molar-refractivity contribution in [2.75, 3.05) is 39.6 Å². The normalized spacial score (nSPS) is 11.2. The summed E-state index contributed by atoms with van der Waals surface area (Å²) in [5.41, 5.74) is 4.99. The first-order chi connectivity index (χ1) is 20.3. The van der Waals surface area contributed by atoms with Crippen molar-refractivity contribution in [3.05, 3.63) is 57.6 Å². The molecule has 2 aromatic carbocycles. The molecule has 0 aliphatic carbocycles. The fourth-order valence-electron chi connectivity index (χ4n) is 4.09. The summed E-state index contributed by atoms with van der Waals surface area (Å²) < 4.78 is 9.75. The molecule has 0 bridgehead atoms. The van der Waals surface area contributed by atoms with Crippen molar-refractivity contribution in [3.63, 3.8) is 0 Å². The molecule has 0 aromatic heterocycles. The Kier molecular flexibility index (Phi) is 18.5. The summed E-state index contributed by atoms with van der Waals surface area (Å²) in [6.45, 7) is 17.6. The minimum atomic E-state index is -0.798. The Bertz CT molecular complexity index is 1070. The molecule has 10 nitrogen and oxygen atoms in total. The number of hydrogen-bond donors (Lipinski definition) is 6. The summed E-state index contributed by atoms with van der Waals surface area (Å²) in [6.07, 6.45) is 1.24. The molecule has 2 aromatic rings. The van der Waals surface area contributed by atoms with Crippen LogP contribution >= 0.6 is 0 Å². The molecule has 0 heterocycles. The van der Waals surface area contributed by atoms with Gasteiger partial charge in [0.1, 0.15) is 11.5 Å². The Morgan fingerprint density at radius 1 is 0.614 bits per heavy atom. The number of hydrogen-bond acceptors (Lipinski definition) is 8. The summed E-state index contributed by atoms with van der Waals surface area (Å²) in [7, 11) is 0. The number of phenols is 2. The van der Waals surface area contributed by atoms with Crippen LogP contribution in [0, 0.1) is 13.8 Å². The molecule has 2 rings (SSSR count). The van der Waals surface area contributed by atoms with Gasteiger partial charge in [0.25, 0.3) is 0 Å². The van der Waals surface area contributed by atoms with E-state index in [9.17, 15) is 19.8 Å². The number of aromatic hydroxyl groups is 2. The van der Waals surface area contributed by atoms with Crippen molar-refractivity contribution < 1.29 is 49.7 Å². The lowest BCUT2D eigenvalue weighted by Crippen LogP contribution is -2.12. The molecule has 0 aliphatic rings. The van der Waals surface area contributed by atoms with Crippen molar-refractivity contribution in [1.82, 2.24) is 0 Å². The van der Waals surface area contributed by atoms with Crippen molar-refractivity contribution >= 4 is 11.9 Å². The molecular weight excluding hydrogens is 568 g/mol. The van der Waals surface area contributed by atoms with Gasteiger partial charge in [0.15, 0.2) is 0 Å². The van der Waals surface area contributed by atoms with Crippen molar-refractivity contribution in [2.24, 2.45) is 0 Å². The van der Waals surface area contributed by atoms with Crippen LogP contribution in [-0.2, 0) is 42.7 Å². The van der Waals surface area contributed by atoms with Gasteiger partial charge in [-0.25, -0.2) is 0 Å². The topological polar surface area (TPSA) is 174 Å². The molecule has 44 heavy (non-hydrogen) atoms. The van der Waals surface area contributed by atoms with E-state index < -0.39 is 11.9 Å². The Morgan fingerprint density at radius 2 is 0.932 bits per heavy atom. The number of carboxylic acids is 2. The van der Waals surface area contributed by atoms with E-state index in [0.717, 1.165) is 33.4 Å². The summed E-state index contributed by atoms with van der Waals surface area (Å²) in [6, 6.07) is 7.53. The van der Waals surface area contributed by atoms with E-state index in [-0.39, 0.29) is 36.9 Å². The van der Waals surface area contributed by atoms with Crippen molar-refractivity contribution in [3.8, 4) is 11.5 Å². The lowest BCUT2D eigenvalue weighted by Gasteiger charge is -2.22. The van der Waals surface area contributed by atoms with E-state index in [0.29, 0.717) is 50.8 Å². The summed E-state index contributed by atoms with van der Waals surface area (Å²) >= 11 is 0. The lowest BCUT2D eigenvalue weighted by molar-refractivity contribution is -0.138. The van der Waals surface area contributed by atoms with Crippen LogP contribution in [0.1, 0.15) is 87.8 Å². The smallest absolute Gasteiger partial charge is 0.303 e. The van der Waals surface area contributed by atoms with E-state index in [1.807, 2.05) is 79.7 Å². The second-order valence-electron chi connectivity index (χ2n) is 12.6. The van der Waals surface area contributed by atoms with E-state index in [1.54, 1.807) is 0 Å². The predicted octanol–water partition coefficient (Wildman–Crippen LogP) is 5.03. The van der Waals surface area contributed by atoms with Crippen LogP contribution in [0.3, 0.4) is 0 Å². The molecule has 0 spiro atoms. The number of ether oxygens (including phenoxy) is 2. The van der Waals surface area contributed by atoms with Gasteiger partial charge in [-0.3, -0.25) is 9.59 Å². The Morgan fingerprint density at radius 3 is 1.18 bits per heavy atom. The third-order valence-corrected chi connectivity index (χ3v) is 6.43. The van der Waals surface area contributed by atoms with Gasteiger partial charge in [-0.05, 0) is 70.9 Å². The third kappa shape index (κ3) is 16.6. The number of carboxylic acid groups (broad SMARTS) is 2. The minimum absolute atomic E-state index is 0.0417. The summed E-state index contributed by atoms with van der Waals surface area (Å²) in [5, 5.41) is 53.9. The van der Waals surface area contributed by atoms with Crippen LogP contribution < -0.4 is 0 Å². The van der Waals surface area contributed by atoms with Crippen LogP contribution in [-0.4, -0.2) is 82.2 Å². The van der Waals surface area contributed by atoms with Crippen molar-refractivity contribution in [2.45, 2.75) is 91.9 Å². The van der Waals surface area contributed by atoms with Gasteiger partial charge in [-0.1, -0.05) is 65.8 Å². The Balaban J connectivity index is 0.000000655. The van der Waals surface area contributed by atoms with E-state index in [1.165, 1.54) is 0 Å². The first-order valence-electron chi connectivity index (χ1n) is 14.8. The Hall–Kier alpha value is -3.18. The molecule has 0 atom stereocenters. The SMILES string of the molecule is Cc1cc(CCC(=O)O)cc(C(C)(C)C)c1O.Cc1cc(CCC(=O)O)cc(C(C)(C)C)c1O.OCCOCCOCCO. The average molecular weight is 623 g/mol. The zero-order valence-electron chi connectivity index (χ0n) is 27.7. The number of carbonyl (C=O) groups is 2. The molecule has 0 amide bonds. The third-order valence-electron chi connectivity index (χ3n) is 6.43. The monoisotopic (exact) mass is 622 g/mol. The zero-order chi connectivity index (χ0) is 34.1. The highest BCUT2D eigenvalue weighted by molar-refractivity contribution is 5.67. The fourth-order valence-corrected chi connectivity index (χ4v) is 4.09. The van der Waals surface area contributed by atoms with Crippen molar-refractivity contribution in [1.29, 1.82) is 0 Å². The molecular formula is C34H54O10. The first kappa shape index (κ1) is 40.8. The zero-order valence-corrected chi connectivity index (χ0v) is 27.7. The molecule has 0 saturated carbocycles. The van der Waals surface area contributed by atoms with E-state index in [4.69, 9.17) is 29.9 Å². The standard InChI is InChI=1S/2C14H20O3.C6H14O4/c2*1-9-7-10(5-6-12(15)16)8-11(13(9)17)14(2,3)4;7-1-3-9-5-6-10-4-2-8/h2*7-8,17H,5-6H2,1-4H3,(H,15,16);7-8H,1-6H2. The second-order valence-corrected chi connectivity index (χ2v) is 12.6. The van der Waals surface area contributed by atoms with Gasteiger partial charge in [0.05, 0.1) is 39.6 Å². The largest absolute Gasteiger partial charge is 0.507 e. The number of aliphatic hydroxyl groups excluding tert-OH is 2. The quantitative estimate of drug-likeness (QED) is 0.166. The molecule has 250 valence electrons. The number of aliphatic carboxylic acids is 2. The van der Waals surface area contributed by atoms with Gasteiger partial charge >= 0.3 is 11.9 Å². The fraction of sp³-hybridized carbons (Fsp3) is 0.588. The maximum absolute atomic E-state index is 10.6. The van der Waals surface area contributed by atoms with E-state index >= 15 is 0 Å². The van der Waals surface area contributed by atoms with Gasteiger partial charge < -0.3 is 40.1 Å². The van der Waals surface area contributed by atoms with Crippen LogP contribution in [0.15, 0.2) is 24.3 Å². The predicted molar refractivity (Wildman–Crippen MR) is 171 cm³/mol. The van der Waals surface area contributed by atoms with Gasteiger partial charge in [-0.2, -0.15) is 0 Å². The highest BCUT2D eigenvalue weighted by Crippen LogP contribution is 2.35. The first-order valence-corrected chi connectivity index (χ1v) is 14.8. The number of benzene rings is 2. The lowest BCUT2D eigenvalue weighted by atomic mass is 9.83. The molecule has 0 saturated heterocycles. The van der Waals surface area contributed by atoms with Crippen LogP contribution in [0.25, 0.3) is 0 Å². The maximum Gasteiger partial charge on any atom is 0.303 e. The molecule has 10 heteroatoms. The van der Waals surface area contributed by atoms with E-state index in [2.05, 4.69) is 0 Å². The van der Waals surface area contributed by atoms with Gasteiger partial charge in [0.2, 0.25) is 0 Å². The highest BCUT2D eigenvalue weighted by atomic mass is 16.5. The minimum Gasteiger partial charge on any atom is -0.507 e. The molecule has 0 fully saturated rings. The maximum atomic E-state index is 10.6. The van der Waals surface area contributed by atoms with Gasteiger partial charge in [0, 0.05) is 12.8 Å². The molecule has 0 unspecified atom stereocenters. The Labute approximate surface area is 262 Å². The average Bonchev–Trinajstić information content (AvgIpc) is 2.91. The summed E-state index contributed by atoms with van der Waals surface area (Å²) in [5.74, 6) is -0.964. The van der Waals surface area contributed by atoms with Crippen LogP contribution in [0.5, 0.6) is 11.5 Å². The van der Waals surface area contributed by atoms with Crippen LogP contribution in [0.2, 0.25) is 0 Å². The number of aryl methyl sites for hydroxylation is 4. The molecule has 6 N–H and O–H groups in total. The number of rotatable bonds is 13. The summed E-state index contributed by atoms with van der Waals surface area (Å²) in [4.78, 5) is 21.1. The van der Waals surface area contributed by atoms with Gasteiger partial charge in [-0.15, -0.1) is 0 Å². The highest BCUT2D eigenvalue weighted by Gasteiger charge is 2.21. The number of aliphatic hydroxyl groups is 2. The van der Waals surface area contributed by atoms with Crippen LogP contribution in [0.4, 0.5) is 0 Å². The molecule has 0 aliphatic heterocycles. The molecule has 0 radical (unpaired) electrons.